The molecular weight excluding hydrogens is 615 g/mol. The first kappa shape index (κ1) is 17.3. The highest BCUT2D eigenvalue weighted by atomic mass is 32.1. The molecule has 0 fully saturated rings. The zero-order chi connectivity index (χ0) is 45.6. The Bertz CT molecular complexity index is 3420. The van der Waals surface area contributed by atoms with Gasteiger partial charge in [0.05, 0.1) is 20.6 Å². The molecule has 0 spiro atoms. The minimum atomic E-state index is -0.796. The van der Waals surface area contributed by atoms with Crippen LogP contribution in [0.2, 0.25) is 0 Å². The van der Waals surface area contributed by atoms with E-state index in [0.717, 1.165) is 22.5 Å². The zero-order valence-corrected chi connectivity index (χ0v) is 26.1. The van der Waals surface area contributed by atoms with Crippen molar-refractivity contribution in [2.24, 2.45) is 0 Å². The van der Waals surface area contributed by atoms with Gasteiger partial charge in [0, 0.05) is 36.9 Å². The predicted molar refractivity (Wildman–Crippen MR) is 205 cm³/mol. The Labute approximate surface area is 310 Å². The van der Waals surface area contributed by atoms with Crippen LogP contribution < -0.4 is 0 Å². The summed E-state index contributed by atoms with van der Waals surface area (Å²) in [5, 5.41) is -0.211. The fourth-order valence-corrected chi connectivity index (χ4v) is 6.60. The summed E-state index contributed by atoms with van der Waals surface area (Å²) in [6, 6.07) is 16.3. The number of benzene rings is 7. The molecule has 4 heteroatoms. The van der Waals surface area contributed by atoms with Crippen molar-refractivity contribution < 1.29 is 20.6 Å². The highest BCUT2D eigenvalue weighted by molar-refractivity contribution is 7.26. The maximum Gasteiger partial charge on any atom is 0.164 e. The lowest BCUT2D eigenvalue weighted by molar-refractivity contribution is 1.07. The number of rotatable bonds is 6. The van der Waals surface area contributed by atoms with E-state index in [4.69, 9.17) is 30.0 Å². The summed E-state index contributed by atoms with van der Waals surface area (Å²) >= 11 is 0.803. The van der Waals surface area contributed by atoms with Crippen molar-refractivity contribution in [3.63, 3.8) is 0 Å². The van der Waals surface area contributed by atoms with Crippen LogP contribution >= 0.6 is 11.3 Å². The first-order valence-corrected chi connectivity index (χ1v) is 16.0. The average Bonchev–Trinajstić information content (AvgIpc) is 3.72. The van der Waals surface area contributed by atoms with Crippen LogP contribution in [-0.4, -0.2) is 15.0 Å². The van der Waals surface area contributed by atoms with Gasteiger partial charge >= 0.3 is 0 Å². The number of thiophene rings is 1. The van der Waals surface area contributed by atoms with Crippen molar-refractivity contribution >= 4 is 31.5 Å². The molecule has 0 radical (unpaired) electrons. The molecule has 9 rings (SSSR count). The van der Waals surface area contributed by atoms with E-state index in [1.807, 2.05) is 72.8 Å². The van der Waals surface area contributed by atoms with Gasteiger partial charge in [-0.2, -0.15) is 0 Å². The van der Waals surface area contributed by atoms with Crippen LogP contribution in [0.25, 0.3) is 87.7 Å². The van der Waals surface area contributed by atoms with E-state index in [1.165, 1.54) is 0 Å². The van der Waals surface area contributed by atoms with E-state index in [-0.39, 0.29) is 54.8 Å². The number of hydrogen-bond donors (Lipinski definition) is 0. The van der Waals surface area contributed by atoms with E-state index in [9.17, 15) is 5.48 Å². The van der Waals surface area contributed by atoms with Crippen LogP contribution in [0.3, 0.4) is 0 Å². The molecule has 0 amide bonds. The van der Waals surface area contributed by atoms with Gasteiger partial charge in [0.15, 0.2) is 17.5 Å². The largest absolute Gasteiger partial charge is 0.208 e. The number of aromatic nitrogens is 3. The van der Waals surface area contributed by atoms with Crippen molar-refractivity contribution in [3.8, 4) is 67.5 Å². The Hall–Kier alpha value is -6.23. The summed E-state index contributed by atoms with van der Waals surface area (Å²) in [7, 11) is 0. The van der Waals surface area contributed by atoms with Gasteiger partial charge < -0.3 is 0 Å². The summed E-state index contributed by atoms with van der Waals surface area (Å²) < 4.78 is 133. The molecule has 0 unspecified atom stereocenters. The second-order valence-electron chi connectivity index (χ2n) is 10.9. The lowest BCUT2D eigenvalue weighted by Crippen LogP contribution is -2.00. The summed E-state index contributed by atoms with van der Waals surface area (Å²) in [6.07, 6.45) is 0. The van der Waals surface area contributed by atoms with Crippen LogP contribution in [0.15, 0.2) is 176 Å². The second kappa shape index (κ2) is 12.4. The van der Waals surface area contributed by atoms with Gasteiger partial charge in [0.2, 0.25) is 0 Å². The van der Waals surface area contributed by atoms with Crippen molar-refractivity contribution in [2.45, 2.75) is 0 Å². The Morgan fingerprint density at radius 3 is 1.84 bits per heavy atom. The van der Waals surface area contributed by atoms with Crippen LogP contribution in [0.4, 0.5) is 0 Å². The maximum absolute atomic E-state index is 9.62. The molecule has 0 aliphatic heterocycles. The molecule has 0 saturated carbocycles. The number of hydrogen-bond acceptors (Lipinski definition) is 4. The fourth-order valence-electron chi connectivity index (χ4n) is 5.47. The summed E-state index contributed by atoms with van der Waals surface area (Å²) in [5.74, 6) is 0.355. The van der Waals surface area contributed by atoms with Gasteiger partial charge in [-0.05, 0) is 51.5 Å². The topological polar surface area (TPSA) is 38.7 Å². The van der Waals surface area contributed by atoms with Crippen molar-refractivity contribution in [1.29, 1.82) is 0 Å². The van der Waals surface area contributed by atoms with Crippen LogP contribution in [0, 0.1) is 0 Å². The number of fused-ring (bicyclic) bond motifs is 3. The molecule has 0 atom stereocenters. The van der Waals surface area contributed by atoms with Gasteiger partial charge in [-0.1, -0.05) is 157 Å². The lowest BCUT2D eigenvalue weighted by atomic mass is 9.98. The van der Waals surface area contributed by atoms with Crippen LogP contribution in [-0.2, 0) is 0 Å². The summed E-state index contributed by atoms with van der Waals surface area (Å²) in [4.78, 5) is 14.3. The molecule has 2 aromatic heterocycles. The first-order chi connectivity index (χ1) is 30.5. The van der Waals surface area contributed by atoms with Gasteiger partial charge in [-0.25, -0.2) is 15.0 Å². The van der Waals surface area contributed by atoms with E-state index in [2.05, 4.69) is 0 Å². The lowest BCUT2D eigenvalue weighted by Gasteiger charge is -2.10. The average molecular weight is 659 g/mol. The second-order valence-corrected chi connectivity index (χ2v) is 11.9. The standard InChI is InChI=1S/C45H29N3S/c1-4-13-30(14-5-1)33-19-10-21-35(27-33)38-23-12-24-40-39-26-25-37(29-41(39)49-42(38)40)45-47-43(32-17-8-3-9-18-32)46-44(48-45)36-22-11-20-34(28-36)31-15-6-2-7-16-31/h1-29H/i1D,4D,5D,10D,12D,13D,14D,19D,21D,23D,24D,25D,26D,27D,29D. The molecule has 9 aromatic rings. The Kier molecular flexibility index (Phi) is 4.37. The smallest absolute Gasteiger partial charge is 0.164 e. The van der Waals surface area contributed by atoms with Crippen LogP contribution in [0.1, 0.15) is 20.6 Å². The third-order valence-corrected chi connectivity index (χ3v) is 8.93. The molecule has 7 aromatic carbocycles. The minimum absolute atomic E-state index is 0.0344. The van der Waals surface area contributed by atoms with E-state index >= 15 is 0 Å². The third-order valence-electron chi connectivity index (χ3n) is 7.81. The molecule has 0 bridgehead atoms. The van der Waals surface area contributed by atoms with Gasteiger partial charge in [0.25, 0.3) is 0 Å². The van der Waals surface area contributed by atoms with Crippen molar-refractivity contribution in [3.05, 3.63) is 176 Å². The fraction of sp³-hybridized carbons (Fsp3) is 0. The maximum atomic E-state index is 9.62. The quantitative estimate of drug-likeness (QED) is 0.178. The molecule has 0 saturated heterocycles. The summed E-state index contributed by atoms with van der Waals surface area (Å²) in [6.45, 7) is 0. The Morgan fingerprint density at radius 1 is 0.408 bits per heavy atom. The van der Waals surface area contributed by atoms with E-state index < -0.39 is 101 Å². The molecule has 230 valence electrons. The van der Waals surface area contributed by atoms with Crippen molar-refractivity contribution in [1.82, 2.24) is 15.0 Å². The van der Waals surface area contributed by atoms with E-state index in [1.54, 1.807) is 12.1 Å². The van der Waals surface area contributed by atoms with Crippen molar-refractivity contribution in [2.75, 3.05) is 0 Å². The number of nitrogens with zero attached hydrogens (tertiary/aromatic N) is 3. The first-order valence-electron chi connectivity index (χ1n) is 22.6. The van der Waals surface area contributed by atoms with Crippen LogP contribution in [0.5, 0.6) is 0 Å². The summed E-state index contributed by atoms with van der Waals surface area (Å²) in [5.41, 5.74) is 0.952. The normalized spacial score (nSPS) is 15.6. The van der Waals surface area contributed by atoms with E-state index in [0.29, 0.717) is 11.1 Å². The Morgan fingerprint density at radius 2 is 1.04 bits per heavy atom. The van der Waals surface area contributed by atoms with Gasteiger partial charge in [-0.3, -0.25) is 0 Å². The molecule has 49 heavy (non-hydrogen) atoms. The SMILES string of the molecule is [2H]c1c([2H])c([2H])c(-c2c([2H])c([2H])c([2H])c(-c3c([2H])c([2H])c([2H])c4c3sc3c([2H])c(-c5nc(-c6ccccc6)nc(-c6cccc(-c7ccccc7)c6)n5)c([2H])c([2H])c34)c2[2H])c([2H])c1[2H]. The monoisotopic (exact) mass is 658 g/mol. The zero-order valence-electron chi connectivity index (χ0n) is 40.3. The minimum Gasteiger partial charge on any atom is -0.208 e. The molecule has 0 aliphatic carbocycles. The molecule has 2 heterocycles. The highest BCUT2D eigenvalue weighted by Gasteiger charge is 2.16. The molecule has 3 nitrogen and oxygen atoms in total. The highest BCUT2D eigenvalue weighted by Crippen LogP contribution is 2.42. The Balaban J connectivity index is 1.34. The molecular formula is C45H29N3S. The predicted octanol–water partition coefficient (Wildman–Crippen LogP) is 12.2. The molecule has 0 aliphatic rings. The van der Waals surface area contributed by atoms with Gasteiger partial charge in [0.1, 0.15) is 0 Å². The third kappa shape index (κ3) is 5.58. The molecule has 0 N–H and O–H groups in total. The van der Waals surface area contributed by atoms with Gasteiger partial charge in [-0.15, -0.1) is 11.3 Å².